The van der Waals surface area contributed by atoms with Crippen molar-refractivity contribution in [3.8, 4) is 0 Å². The number of alkyl halides is 3. The molecule has 3 rings (SSSR count). The number of nitrogens with one attached hydrogen (secondary N) is 1. The number of fused-ring (bicyclic) bond motifs is 1. The van der Waals surface area contributed by atoms with Crippen molar-refractivity contribution in [2.45, 2.75) is 44.4 Å². The molecule has 2 saturated heterocycles. The molecule has 4 nitrogen and oxygen atoms in total. The number of hydrogen-bond acceptors (Lipinski definition) is 2. The summed E-state index contributed by atoms with van der Waals surface area (Å²) in [5, 5.41) is 2.85. The van der Waals surface area contributed by atoms with Crippen LogP contribution < -0.4 is 5.32 Å². The molecular formula is C18H23F3N2O2. The fourth-order valence-electron chi connectivity index (χ4n) is 3.80. The molecule has 0 bridgehead atoms. The molecule has 2 amide bonds. The van der Waals surface area contributed by atoms with Gasteiger partial charge in [0.15, 0.2) is 0 Å². The predicted octanol–water partition coefficient (Wildman–Crippen LogP) is 3.46. The Morgan fingerprint density at radius 2 is 2.12 bits per heavy atom. The Bertz CT molecular complexity index is 621. The molecule has 0 spiro atoms. The Kier molecular flexibility index (Phi) is 5.22. The van der Waals surface area contributed by atoms with E-state index in [1.807, 2.05) is 0 Å². The number of rotatable bonds is 3. The van der Waals surface area contributed by atoms with Crippen LogP contribution in [-0.2, 0) is 17.3 Å². The Balaban J connectivity index is 1.63. The van der Waals surface area contributed by atoms with Gasteiger partial charge in [0, 0.05) is 18.5 Å². The standard InChI is InChI=1S/C18H23F3N2O2/c1-12(9-13-5-2-3-7-15(13)18(19,20)21)22-17(24)23-8-4-6-14-10-25-11-16(14)23/h2-3,5,7,12,14,16H,4,6,8-11H2,1H3,(H,22,24)/t12-,14-,16+/m0/s1. The van der Waals surface area contributed by atoms with Crippen molar-refractivity contribution in [3.05, 3.63) is 35.4 Å². The lowest BCUT2D eigenvalue weighted by Crippen LogP contribution is -2.53. The second-order valence-electron chi connectivity index (χ2n) is 6.91. The molecule has 0 aliphatic carbocycles. The Morgan fingerprint density at radius 3 is 2.88 bits per heavy atom. The van der Waals surface area contributed by atoms with E-state index in [1.54, 1.807) is 17.9 Å². The Morgan fingerprint density at radius 1 is 1.36 bits per heavy atom. The average Bonchev–Trinajstić information content (AvgIpc) is 3.02. The number of carbonyl (C=O) groups is 1. The number of ether oxygens (including phenoxy) is 1. The number of halogens is 3. The van der Waals surface area contributed by atoms with E-state index in [2.05, 4.69) is 5.32 Å². The van der Waals surface area contributed by atoms with Crippen LogP contribution in [-0.4, -0.2) is 42.8 Å². The first-order chi connectivity index (χ1) is 11.9. The molecule has 0 aromatic heterocycles. The van der Waals surface area contributed by atoms with Crippen LogP contribution in [0.25, 0.3) is 0 Å². The summed E-state index contributed by atoms with van der Waals surface area (Å²) in [7, 11) is 0. The van der Waals surface area contributed by atoms with Crippen LogP contribution in [0.5, 0.6) is 0 Å². The summed E-state index contributed by atoms with van der Waals surface area (Å²) in [6, 6.07) is 5.00. The van der Waals surface area contributed by atoms with Gasteiger partial charge in [-0.1, -0.05) is 18.2 Å². The van der Waals surface area contributed by atoms with E-state index in [0.717, 1.165) is 18.9 Å². The smallest absolute Gasteiger partial charge is 0.379 e. The van der Waals surface area contributed by atoms with E-state index in [1.165, 1.54) is 12.1 Å². The maximum absolute atomic E-state index is 13.1. The third kappa shape index (κ3) is 4.08. The van der Waals surface area contributed by atoms with Gasteiger partial charge in [-0.2, -0.15) is 13.2 Å². The van der Waals surface area contributed by atoms with Crippen LogP contribution in [0.4, 0.5) is 18.0 Å². The number of hydrogen-bond donors (Lipinski definition) is 1. The lowest BCUT2D eigenvalue weighted by Gasteiger charge is -2.37. The molecule has 0 saturated carbocycles. The third-order valence-corrected chi connectivity index (χ3v) is 5.02. The van der Waals surface area contributed by atoms with E-state index in [-0.39, 0.29) is 24.1 Å². The number of urea groups is 1. The Hall–Kier alpha value is -1.76. The van der Waals surface area contributed by atoms with E-state index < -0.39 is 17.8 Å². The molecular weight excluding hydrogens is 333 g/mol. The number of piperidine rings is 1. The number of carbonyl (C=O) groups excluding carboxylic acids is 1. The molecule has 2 aliphatic heterocycles. The van der Waals surface area contributed by atoms with Gasteiger partial charge in [-0.05, 0) is 37.8 Å². The largest absolute Gasteiger partial charge is 0.416 e. The second kappa shape index (κ2) is 7.23. The highest BCUT2D eigenvalue weighted by atomic mass is 19.4. The normalized spacial score (nSPS) is 24.7. The Labute approximate surface area is 145 Å². The van der Waals surface area contributed by atoms with Gasteiger partial charge in [-0.15, -0.1) is 0 Å². The topological polar surface area (TPSA) is 41.6 Å². The number of likely N-dealkylation sites (tertiary alicyclic amines) is 1. The van der Waals surface area contributed by atoms with Crippen molar-refractivity contribution < 1.29 is 22.7 Å². The minimum Gasteiger partial charge on any atom is -0.379 e. The van der Waals surface area contributed by atoms with Gasteiger partial charge in [0.1, 0.15) is 0 Å². The number of amides is 2. The molecule has 0 unspecified atom stereocenters. The van der Waals surface area contributed by atoms with Crippen LogP contribution >= 0.6 is 0 Å². The van der Waals surface area contributed by atoms with Crippen molar-refractivity contribution in [1.82, 2.24) is 10.2 Å². The molecule has 2 heterocycles. The highest BCUT2D eigenvalue weighted by Gasteiger charge is 2.38. The van der Waals surface area contributed by atoms with E-state index >= 15 is 0 Å². The van der Waals surface area contributed by atoms with E-state index in [0.29, 0.717) is 25.7 Å². The summed E-state index contributed by atoms with van der Waals surface area (Å²) in [5.74, 6) is 0.376. The van der Waals surface area contributed by atoms with Gasteiger partial charge in [0.05, 0.1) is 24.8 Å². The zero-order valence-corrected chi connectivity index (χ0v) is 14.2. The maximum atomic E-state index is 13.1. The van der Waals surface area contributed by atoms with Crippen molar-refractivity contribution in [1.29, 1.82) is 0 Å². The first-order valence-electron chi connectivity index (χ1n) is 8.66. The highest BCUT2D eigenvalue weighted by molar-refractivity contribution is 5.75. The highest BCUT2D eigenvalue weighted by Crippen LogP contribution is 2.32. The van der Waals surface area contributed by atoms with Gasteiger partial charge in [-0.25, -0.2) is 4.79 Å². The number of nitrogens with zero attached hydrogens (tertiary/aromatic N) is 1. The molecule has 138 valence electrons. The van der Waals surface area contributed by atoms with Gasteiger partial charge in [-0.3, -0.25) is 0 Å². The van der Waals surface area contributed by atoms with E-state index in [4.69, 9.17) is 4.74 Å². The quantitative estimate of drug-likeness (QED) is 0.901. The van der Waals surface area contributed by atoms with Gasteiger partial charge in [0.2, 0.25) is 0 Å². The summed E-state index contributed by atoms with van der Waals surface area (Å²) in [6.45, 7) is 3.63. The molecule has 7 heteroatoms. The van der Waals surface area contributed by atoms with Gasteiger partial charge < -0.3 is 15.0 Å². The second-order valence-corrected chi connectivity index (χ2v) is 6.91. The zero-order chi connectivity index (χ0) is 18.0. The average molecular weight is 356 g/mol. The molecule has 25 heavy (non-hydrogen) atoms. The molecule has 1 aromatic carbocycles. The van der Waals surface area contributed by atoms with Gasteiger partial charge in [0.25, 0.3) is 0 Å². The van der Waals surface area contributed by atoms with Crippen LogP contribution in [0.3, 0.4) is 0 Å². The van der Waals surface area contributed by atoms with Crippen molar-refractivity contribution in [2.24, 2.45) is 5.92 Å². The van der Waals surface area contributed by atoms with Crippen LogP contribution in [0.15, 0.2) is 24.3 Å². The summed E-state index contributed by atoms with van der Waals surface area (Å²) in [6.07, 6.45) is -2.26. The maximum Gasteiger partial charge on any atom is 0.416 e. The van der Waals surface area contributed by atoms with Gasteiger partial charge >= 0.3 is 12.2 Å². The molecule has 3 atom stereocenters. The minimum atomic E-state index is -4.39. The van der Waals surface area contributed by atoms with Crippen LogP contribution in [0, 0.1) is 5.92 Å². The summed E-state index contributed by atoms with van der Waals surface area (Å²) in [5.41, 5.74) is -0.443. The molecule has 2 aliphatic rings. The summed E-state index contributed by atoms with van der Waals surface area (Å²) < 4.78 is 44.7. The third-order valence-electron chi connectivity index (χ3n) is 5.02. The first-order valence-corrected chi connectivity index (χ1v) is 8.66. The molecule has 2 fully saturated rings. The number of benzene rings is 1. The fourth-order valence-corrected chi connectivity index (χ4v) is 3.80. The van der Waals surface area contributed by atoms with Crippen LogP contribution in [0.2, 0.25) is 0 Å². The van der Waals surface area contributed by atoms with E-state index in [9.17, 15) is 18.0 Å². The monoisotopic (exact) mass is 356 g/mol. The summed E-state index contributed by atoms with van der Waals surface area (Å²) >= 11 is 0. The zero-order valence-electron chi connectivity index (χ0n) is 14.2. The molecule has 1 aromatic rings. The lowest BCUT2D eigenvalue weighted by atomic mass is 9.92. The van der Waals surface area contributed by atoms with Crippen molar-refractivity contribution in [3.63, 3.8) is 0 Å². The lowest BCUT2D eigenvalue weighted by molar-refractivity contribution is -0.138. The van der Waals surface area contributed by atoms with Crippen LogP contribution in [0.1, 0.15) is 30.9 Å². The summed E-state index contributed by atoms with van der Waals surface area (Å²) in [4.78, 5) is 14.3. The fraction of sp³-hybridized carbons (Fsp3) is 0.611. The first kappa shape index (κ1) is 18.0. The molecule has 0 radical (unpaired) electrons. The van der Waals surface area contributed by atoms with Crippen molar-refractivity contribution >= 4 is 6.03 Å². The SMILES string of the molecule is C[C@@H](Cc1ccccc1C(F)(F)F)NC(=O)N1CCC[C@H]2COC[C@H]21. The molecule has 1 N–H and O–H groups in total. The minimum absolute atomic E-state index is 0.0865. The predicted molar refractivity (Wildman–Crippen MR) is 87.2 cm³/mol. The van der Waals surface area contributed by atoms with Crippen molar-refractivity contribution in [2.75, 3.05) is 19.8 Å².